The summed E-state index contributed by atoms with van der Waals surface area (Å²) in [5.41, 5.74) is -0.169. The molecule has 0 aromatic carbocycles. The van der Waals surface area contributed by atoms with Gasteiger partial charge in [-0.1, -0.05) is 0 Å². The summed E-state index contributed by atoms with van der Waals surface area (Å²) in [5, 5.41) is 12.2. The van der Waals surface area contributed by atoms with Gasteiger partial charge in [-0.05, 0) is 32.6 Å². The zero-order valence-electron chi connectivity index (χ0n) is 11.2. The van der Waals surface area contributed by atoms with E-state index < -0.39 is 0 Å². The number of hydrogen-bond acceptors (Lipinski definition) is 4. The van der Waals surface area contributed by atoms with Crippen LogP contribution < -0.4 is 5.32 Å². The molecule has 104 valence electrons. The number of carbonyl (C=O) groups excluding carboxylic acids is 1. The lowest BCUT2D eigenvalue weighted by Crippen LogP contribution is -2.60. The van der Waals surface area contributed by atoms with Crippen LogP contribution in [0.1, 0.15) is 32.6 Å². The summed E-state index contributed by atoms with van der Waals surface area (Å²) in [6.07, 6.45) is 3.90. The topological polar surface area (TPSA) is 61.8 Å². The standard InChI is InChI=1S/C13H24N2O3/c1-13(9-14-10-13)18-8-12(17)15-6-3-2-4-11(15)5-7-16/h11,14,16H,2-10H2,1H3. The molecule has 2 rings (SSSR count). The smallest absolute Gasteiger partial charge is 0.248 e. The maximum absolute atomic E-state index is 12.2. The van der Waals surface area contributed by atoms with E-state index in [-0.39, 0.29) is 30.8 Å². The molecule has 18 heavy (non-hydrogen) atoms. The van der Waals surface area contributed by atoms with E-state index in [1.54, 1.807) is 0 Å². The number of aliphatic hydroxyl groups is 1. The molecule has 0 aromatic rings. The summed E-state index contributed by atoms with van der Waals surface area (Å²) in [4.78, 5) is 14.1. The predicted molar refractivity (Wildman–Crippen MR) is 68.3 cm³/mol. The minimum Gasteiger partial charge on any atom is -0.396 e. The zero-order valence-corrected chi connectivity index (χ0v) is 11.2. The van der Waals surface area contributed by atoms with Gasteiger partial charge in [0.05, 0.1) is 5.60 Å². The lowest BCUT2D eigenvalue weighted by molar-refractivity contribution is -0.149. The van der Waals surface area contributed by atoms with Crippen LogP contribution in [0.2, 0.25) is 0 Å². The number of piperidine rings is 1. The molecule has 5 heteroatoms. The van der Waals surface area contributed by atoms with Crippen molar-refractivity contribution in [2.75, 3.05) is 32.8 Å². The summed E-state index contributed by atoms with van der Waals surface area (Å²) in [6.45, 7) is 4.79. The fraction of sp³-hybridized carbons (Fsp3) is 0.923. The number of nitrogens with zero attached hydrogens (tertiary/aromatic N) is 1. The summed E-state index contributed by atoms with van der Waals surface area (Å²) in [5.74, 6) is 0.0706. The van der Waals surface area contributed by atoms with Gasteiger partial charge in [0.1, 0.15) is 6.61 Å². The fourth-order valence-corrected chi connectivity index (χ4v) is 2.68. The highest BCUT2D eigenvalue weighted by Gasteiger charge is 2.34. The number of rotatable bonds is 5. The van der Waals surface area contributed by atoms with E-state index in [9.17, 15) is 4.79 Å². The molecular weight excluding hydrogens is 232 g/mol. The van der Waals surface area contributed by atoms with E-state index in [1.807, 2.05) is 11.8 Å². The van der Waals surface area contributed by atoms with Gasteiger partial charge in [-0.3, -0.25) is 4.79 Å². The lowest BCUT2D eigenvalue weighted by Gasteiger charge is -2.40. The molecule has 0 radical (unpaired) electrons. The van der Waals surface area contributed by atoms with Crippen molar-refractivity contribution in [3.63, 3.8) is 0 Å². The minimum atomic E-state index is -0.169. The number of aliphatic hydroxyl groups excluding tert-OH is 1. The Labute approximate surface area is 108 Å². The van der Waals surface area contributed by atoms with E-state index in [2.05, 4.69) is 5.32 Å². The van der Waals surface area contributed by atoms with Crippen molar-refractivity contribution in [1.29, 1.82) is 0 Å². The molecule has 0 bridgehead atoms. The maximum atomic E-state index is 12.2. The number of likely N-dealkylation sites (tertiary alicyclic amines) is 1. The SMILES string of the molecule is CC1(OCC(=O)N2CCCCC2CCO)CNC1. The van der Waals surface area contributed by atoms with E-state index >= 15 is 0 Å². The van der Waals surface area contributed by atoms with E-state index in [4.69, 9.17) is 9.84 Å². The Morgan fingerprint density at radius 1 is 1.50 bits per heavy atom. The Kier molecular flexibility index (Phi) is 4.59. The first-order valence-corrected chi connectivity index (χ1v) is 6.90. The van der Waals surface area contributed by atoms with Crippen LogP contribution in [-0.4, -0.2) is 60.4 Å². The van der Waals surface area contributed by atoms with Gasteiger partial charge in [0, 0.05) is 32.3 Å². The van der Waals surface area contributed by atoms with Gasteiger partial charge in [0.15, 0.2) is 0 Å². The third-order valence-corrected chi connectivity index (χ3v) is 3.95. The van der Waals surface area contributed by atoms with Gasteiger partial charge in [0.25, 0.3) is 0 Å². The summed E-state index contributed by atoms with van der Waals surface area (Å²) < 4.78 is 5.69. The average Bonchev–Trinajstić information content (AvgIpc) is 2.35. The predicted octanol–water partition coefficient (Wildman–Crippen LogP) is 0.128. The Morgan fingerprint density at radius 3 is 2.89 bits per heavy atom. The first-order chi connectivity index (χ1) is 8.64. The quantitative estimate of drug-likeness (QED) is 0.734. The van der Waals surface area contributed by atoms with Crippen LogP contribution in [-0.2, 0) is 9.53 Å². The third-order valence-electron chi connectivity index (χ3n) is 3.95. The van der Waals surface area contributed by atoms with Gasteiger partial charge in [-0.15, -0.1) is 0 Å². The molecular formula is C13H24N2O3. The molecule has 2 aliphatic heterocycles. The lowest BCUT2D eigenvalue weighted by atomic mass is 9.99. The van der Waals surface area contributed by atoms with Crippen LogP contribution in [0, 0.1) is 0 Å². The Hall–Kier alpha value is -0.650. The maximum Gasteiger partial charge on any atom is 0.248 e. The molecule has 2 fully saturated rings. The van der Waals surface area contributed by atoms with Gasteiger partial charge in [-0.25, -0.2) is 0 Å². The third kappa shape index (κ3) is 3.22. The van der Waals surface area contributed by atoms with Crippen molar-refractivity contribution in [3.8, 4) is 0 Å². The second-order valence-electron chi connectivity index (χ2n) is 5.59. The van der Waals surface area contributed by atoms with Crippen molar-refractivity contribution < 1.29 is 14.6 Å². The summed E-state index contributed by atoms with van der Waals surface area (Å²) >= 11 is 0. The first kappa shape index (κ1) is 13.8. The van der Waals surface area contributed by atoms with Crippen LogP contribution in [0.5, 0.6) is 0 Å². The highest BCUT2D eigenvalue weighted by Crippen LogP contribution is 2.21. The van der Waals surface area contributed by atoms with Crippen molar-refractivity contribution in [2.24, 2.45) is 0 Å². The Morgan fingerprint density at radius 2 is 2.28 bits per heavy atom. The van der Waals surface area contributed by atoms with Gasteiger partial charge < -0.3 is 20.1 Å². The minimum absolute atomic E-state index is 0.0706. The molecule has 0 spiro atoms. The number of amides is 1. The molecule has 5 nitrogen and oxygen atoms in total. The largest absolute Gasteiger partial charge is 0.396 e. The fourth-order valence-electron chi connectivity index (χ4n) is 2.68. The molecule has 0 saturated carbocycles. The van der Waals surface area contributed by atoms with Gasteiger partial charge >= 0.3 is 0 Å². The van der Waals surface area contributed by atoms with Crippen LogP contribution in [0.25, 0.3) is 0 Å². The highest BCUT2D eigenvalue weighted by atomic mass is 16.5. The molecule has 1 atom stereocenters. The van der Waals surface area contributed by atoms with Crippen molar-refractivity contribution in [3.05, 3.63) is 0 Å². The molecule has 2 heterocycles. The molecule has 2 N–H and O–H groups in total. The van der Waals surface area contributed by atoms with E-state index in [0.29, 0.717) is 6.42 Å². The van der Waals surface area contributed by atoms with E-state index in [0.717, 1.165) is 38.9 Å². The number of carbonyl (C=O) groups is 1. The van der Waals surface area contributed by atoms with E-state index in [1.165, 1.54) is 0 Å². The molecule has 0 aromatic heterocycles. The second-order valence-corrected chi connectivity index (χ2v) is 5.59. The summed E-state index contributed by atoms with van der Waals surface area (Å²) in [6, 6.07) is 0.201. The molecule has 1 unspecified atom stereocenters. The molecule has 2 aliphatic rings. The summed E-state index contributed by atoms with van der Waals surface area (Å²) in [7, 11) is 0. The normalized spacial score (nSPS) is 26.8. The number of hydrogen-bond donors (Lipinski definition) is 2. The number of ether oxygens (including phenoxy) is 1. The van der Waals surface area contributed by atoms with Crippen molar-refractivity contribution in [1.82, 2.24) is 10.2 Å². The van der Waals surface area contributed by atoms with Crippen LogP contribution in [0.3, 0.4) is 0 Å². The monoisotopic (exact) mass is 256 g/mol. The molecule has 1 amide bonds. The van der Waals surface area contributed by atoms with Crippen LogP contribution in [0.4, 0.5) is 0 Å². The number of nitrogens with one attached hydrogen (secondary N) is 1. The molecule has 2 saturated heterocycles. The second kappa shape index (κ2) is 5.99. The highest BCUT2D eigenvalue weighted by molar-refractivity contribution is 5.78. The molecule has 0 aliphatic carbocycles. The van der Waals surface area contributed by atoms with Gasteiger partial charge in [0.2, 0.25) is 5.91 Å². The van der Waals surface area contributed by atoms with Crippen LogP contribution >= 0.6 is 0 Å². The average molecular weight is 256 g/mol. The Balaban J connectivity index is 1.81. The van der Waals surface area contributed by atoms with Gasteiger partial charge in [-0.2, -0.15) is 0 Å². The zero-order chi connectivity index (χ0) is 13.0. The first-order valence-electron chi connectivity index (χ1n) is 6.90. The Bertz CT molecular complexity index is 290. The van der Waals surface area contributed by atoms with Crippen LogP contribution in [0.15, 0.2) is 0 Å². The van der Waals surface area contributed by atoms with Crippen molar-refractivity contribution in [2.45, 2.75) is 44.2 Å². The van der Waals surface area contributed by atoms with Crippen molar-refractivity contribution >= 4 is 5.91 Å².